The van der Waals surface area contributed by atoms with E-state index in [-0.39, 0.29) is 31.3 Å². The number of carbonyl (C=O) groups excluding carboxylic acids is 3. The van der Waals surface area contributed by atoms with Crippen LogP contribution in [0.2, 0.25) is 0 Å². The third-order valence-electron chi connectivity index (χ3n) is 8.09. The van der Waals surface area contributed by atoms with Crippen molar-refractivity contribution in [2.24, 2.45) is 0 Å². The van der Waals surface area contributed by atoms with Gasteiger partial charge in [-0.05, 0) is 52.8 Å². The largest absolute Gasteiger partial charge is 0.527 e. The van der Waals surface area contributed by atoms with Crippen molar-refractivity contribution in [1.82, 2.24) is 10.2 Å². The number of likely N-dealkylation sites (tertiary alicyclic amines) is 1. The predicted octanol–water partition coefficient (Wildman–Crippen LogP) is 4.31. The number of esters is 1. The van der Waals surface area contributed by atoms with Crippen LogP contribution in [0, 0.1) is 0 Å². The van der Waals surface area contributed by atoms with Crippen molar-refractivity contribution in [2.45, 2.75) is 43.9 Å². The summed E-state index contributed by atoms with van der Waals surface area (Å²) in [7, 11) is -2.91. The van der Waals surface area contributed by atoms with E-state index in [1.54, 1.807) is 12.1 Å². The first-order chi connectivity index (χ1) is 20.7. The van der Waals surface area contributed by atoms with Crippen molar-refractivity contribution in [3.05, 3.63) is 89.0 Å². The van der Waals surface area contributed by atoms with Crippen LogP contribution in [-0.4, -0.2) is 60.1 Å². The fourth-order valence-electron chi connectivity index (χ4n) is 6.04. The van der Waals surface area contributed by atoms with Gasteiger partial charge in [-0.1, -0.05) is 54.6 Å². The Hall–Kier alpha value is -4.18. The zero-order chi connectivity index (χ0) is 30.1. The van der Waals surface area contributed by atoms with E-state index in [1.807, 2.05) is 36.4 Å². The molecular weight excluding hydrogens is 575 g/mol. The second-order valence-corrected chi connectivity index (χ2v) is 12.1. The number of fused-ring (bicyclic) bond motifs is 4. The van der Waals surface area contributed by atoms with Crippen LogP contribution in [0.5, 0.6) is 5.75 Å². The lowest BCUT2D eigenvalue weighted by molar-refractivity contribution is -0.145. The SMILES string of the molecule is COC(=O)[C@H](Cc1ccc2c(c1)COP(=O)(O)O2)NC(=O)[C@@H]1CCCN1C(=O)OCC1c2ccccc2-c2ccccc21. The number of carbonyl (C=O) groups is 3. The van der Waals surface area contributed by atoms with Gasteiger partial charge in [0, 0.05) is 24.4 Å². The number of methoxy groups -OCH3 is 1. The van der Waals surface area contributed by atoms with Crippen LogP contribution in [0.3, 0.4) is 0 Å². The lowest BCUT2D eigenvalue weighted by Gasteiger charge is -2.26. The molecule has 1 fully saturated rings. The molecule has 3 aliphatic rings. The normalized spacial score (nSPS) is 21.2. The van der Waals surface area contributed by atoms with Crippen LogP contribution in [-0.2, 0) is 41.2 Å². The highest BCUT2D eigenvalue weighted by molar-refractivity contribution is 7.47. The van der Waals surface area contributed by atoms with Crippen molar-refractivity contribution in [2.75, 3.05) is 20.3 Å². The quantitative estimate of drug-likeness (QED) is 0.297. The monoisotopic (exact) mass is 606 g/mol. The molecule has 1 saturated heterocycles. The summed E-state index contributed by atoms with van der Waals surface area (Å²) < 4.78 is 32.2. The van der Waals surface area contributed by atoms with Crippen molar-refractivity contribution in [3.63, 3.8) is 0 Å². The molecule has 0 bridgehead atoms. The Morgan fingerprint density at radius 2 is 1.77 bits per heavy atom. The highest BCUT2D eigenvalue weighted by Crippen LogP contribution is 2.50. The van der Waals surface area contributed by atoms with Crippen LogP contribution in [0.4, 0.5) is 4.79 Å². The molecule has 2 aliphatic heterocycles. The van der Waals surface area contributed by atoms with Gasteiger partial charge in [0.2, 0.25) is 5.91 Å². The Morgan fingerprint density at radius 1 is 1.07 bits per heavy atom. The molecule has 2 heterocycles. The molecule has 43 heavy (non-hydrogen) atoms. The third-order valence-corrected chi connectivity index (χ3v) is 8.97. The zero-order valence-corrected chi connectivity index (χ0v) is 24.3. The number of amides is 2. The number of phosphoric acid groups is 1. The number of ether oxygens (including phenoxy) is 2. The zero-order valence-electron chi connectivity index (χ0n) is 23.4. The minimum absolute atomic E-state index is 0.0835. The molecule has 2 N–H and O–H groups in total. The number of rotatable bonds is 7. The number of hydrogen-bond donors (Lipinski definition) is 2. The molecule has 0 radical (unpaired) electrons. The highest BCUT2D eigenvalue weighted by atomic mass is 31.2. The first-order valence-electron chi connectivity index (χ1n) is 14.0. The standard InChI is InChI=1S/C31H31N2O9P/c1-39-30(35)26(16-19-12-13-28-20(15-19)17-41-43(37,38)42-28)32-29(34)27-11-6-14-33(27)31(36)40-18-25-23-9-4-2-7-21(23)22-8-3-5-10-24(22)25/h2-5,7-10,12-13,15,25-27H,6,11,14,16-18H2,1H3,(H,32,34)(H,37,38)/t26-,27-/m0/s1. The Bertz CT molecular complexity index is 1580. The van der Waals surface area contributed by atoms with E-state index in [2.05, 4.69) is 17.4 Å². The lowest BCUT2D eigenvalue weighted by atomic mass is 9.98. The molecule has 0 spiro atoms. The van der Waals surface area contributed by atoms with E-state index in [0.29, 0.717) is 30.5 Å². The van der Waals surface area contributed by atoms with Gasteiger partial charge < -0.3 is 19.3 Å². The summed E-state index contributed by atoms with van der Waals surface area (Å²) in [6.45, 7) is 0.362. The van der Waals surface area contributed by atoms with Crippen LogP contribution < -0.4 is 9.84 Å². The van der Waals surface area contributed by atoms with Gasteiger partial charge in [0.05, 0.1) is 13.7 Å². The summed E-state index contributed by atoms with van der Waals surface area (Å²) in [6, 6.07) is 19.1. The van der Waals surface area contributed by atoms with Crippen molar-refractivity contribution in [3.8, 4) is 16.9 Å². The molecule has 0 aromatic heterocycles. The molecule has 0 saturated carbocycles. The van der Waals surface area contributed by atoms with E-state index in [1.165, 1.54) is 18.1 Å². The maximum atomic E-state index is 13.4. The fraction of sp³-hybridized carbons (Fsp3) is 0.323. The topological polar surface area (TPSA) is 141 Å². The number of nitrogens with zero attached hydrogens (tertiary/aromatic N) is 1. The Kier molecular flexibility index (Phi) is 7.96. The summed E-state index contributed by atoms with van der Waals surface area (Å²) in [6.07, 6.45) is 0.550. The molecule has 2 amide bonds. The van der Waals surface area contributed by atoms with Gasteiger partial charge >= 0.3 is 19.9 Å². The van der Waals surface area contributed by atoms with Crippen molar-refractivity contribution < 1.29 is 42.4 Å². The summed E-state index contributed by atoms with van der Waals surface area (Å²) in [5.74, 6) is -1.02. The van der Waals surface area contributed by atoms with Crippen molar-refractivity contribution >= 4 is 25.8 Å². The van der Waals surface area contributed by atoms with E-state index in [0.717, 1.165) is 22.3 Å². The molecule has 3 aromatic carbocycles. The predicted molar refractivity (Wildman–Crippen MR) is 154 cm³/mol. The Balaban J connectivity index is 1.11. The maximum absolute atomic E-state index is 13.4. The maximum Gasteiger partial charge on any atom is 0.527 e. The molecule has 1 aliphatic carbocycles. The molecular formula is C31H31N2O9P. The van der Waals surface area contributed by atoms with Crippen LogP contribution in [0.25, 0.3) is 11.1 Å². The average Bonchev–Trinajstić information content (AvgIpc) is 3.63. The summed E-state index contributed by atoms with van der Waals surface area (Å²) in [5, 5.41) is 2.75. The Labute approximate surface area is 248 Å². The summed E-state index contributed by atoms with van der Waals surface area (Å²) >= 11 is 0. The van der Waals surface area contributed by atoms with Gasteiger partial charge in [-0.3, -0.25) is 19.1 Å². The van der Waals surface area contributed by atoms with Gasteiger partial charge in [0.25, 0.3) is 0 Å². The molecule has 6 rings (SSSR count). The van der Waals surface area contributed by atoms with E-state index in [9.17, 15) is 23.8 Å². The lowest BCUT2D eigenvalue weighted by Crippen LogP contribution is -2.52. The number of nitrogens with one attached hydrogen (secondary N) is 1. The first kappa shape index (κ1) is 28.9. The summed E-state index contributed by atoms with van der Waals surface area (Å²) in [4.78, 5) is 50.3. The molecule has 3 aromatic rings. The smallest absolute Gasteiger partial charge is 0.467 e. The third kappa shape index (κ3) is 5.88. The second kappa shape index (κ2) is 11.8. The number of benzene rings is 3. The van der Waals surface area contributed by atoms with Gasteiger partial charge in [-0.25, -0.2) is 14.2 Å². The van der Waals surface area contributed by atoms with Crippen molar-refractivity contribution in [1.29, 1.82) is 0 Å². The molecule has 224 valence electrons. The van der Waals surface area contributed by atoms with E-state index < -0.39 is 37.9 Å². The second-order valence-electron chi connectivity index (χ2n) is 10.7. The molecule has 11 nitrogen and oxygen atoms in total. The number of hydrogen-bond acceptors (Lipinski definition) is 8. The van der Waals surface area contributed by atoms with Crippen LogP contribution >= 0.6 is 7.82 Å². The van der Waals surface area contributed by atoms with Gasteiger partial charge in [0.1, 0.15) is 24.4 Å². The molecule has 3 atom stereocenters. The first-order valence-corrected chi connectivity index (χ1v) is 15.5. The van der Waals surface area contributed by atoms with E-state index in [4.69, 9.17) is 18.5 Å². The Morgan fingerprint density at radius 3 is 2.47 bits per heavy atom. The van der Waals surface area contributed by atoms with Gasteiger partial charge in [0.15, 0.2) is 0 Å². The van der Waals surface area contributed by atoms with Crippen LogP contribution in [0.1, 0.15) is 41.0 Å². The molecule has 1 unspecified atom stereocenters. The fourth-order valence-corrected chi connectivity index (χ4v) is 6.82. The minimum Gasteiger partial charge on any atom is -0.467 e. The van der Waals surface area contributed by atoms with Crippen LogP contribution in [0.15, 0.2) is 66.7 Å². The van der Waals surface area contributed by atoms with Gasteiger partial charge in [-0.15, -0.1) is 0 Å². The average molecular weight is 607 g/mol. The number of phosphoric ester groups is 1. The van der Waals surface area contributed by atoms with E-state index >= 15 is 0 Å². The summed E-state index contributed by atoms with van der Waals surface area (Å²) in [5.41, 5.74) is 5.62. The minimum atomic E-state index is -4.14. The highest BCUT2D eigenvalue weighted by Gasteiger charge is 2.38. The van der Waals surface area contributed by atoms with Gasteiger partial charge in [-0.2, -0.15) is 0 Å². The molecule has 12 heteroatoms.